The highest BCUT2D eigenvalue weighted by Gasteiger charge is 2.43. The molecule has 0 saturated heterocycles. The van der Waals surface area contributed by atoms with E-state index in [0.717, 1.165) is 0 Å². The minimum absolute atomic E-state index is 0.00772. The molecule has 112 valence electrons. The van der Waals surface area contributed by atoms with Gasteiger partial charge in [0.2, 0.25) is 0 Å². The van der Waals surface area contributed by atoms with E-state index in [1.165, 1.54) is 12.2 Å². The summed E-state index contributed by atoms with van der Waals surface area (Å²) in [7, 11) is -4.48. The van der Waals surface area contributed by atoms with Gasteiger partial charge in [-0.15, -0.1) is 13.2 Å². The van der Waals surface area contributed by atoms with Crippen LogP contribution in [-0.2, 0) is 13.6 Å². The smallest absolute Gasteiger partial charge is 0.394 e. The number of phosphoric acid groups is 1. The topological polar surface area (TPSA) is 116 Å². The molecule has 0 aromatic heterocycles. The van der Waals surface area contributed by atoms with Gasteiger partial charge in [-0.05, 0) is 12.8 Å². The predicted octanol–water partition coefficient (Wildman–Crippen LogP) is 0.356. The number of rotatable bonds is 11. The number of aliphatic hydroxyl groups is 3. The molecule has 2 atom stereocenters. The maximum atomic E-state index is 11.7. The Bertz CT molecular complexity index is 321. The Morgan fingerprint density at radius 1 is 1.26 bits per heavy atom. The molecule has 8 heteroatoms. The molecule has 1 unspecified atom stereocenters. The first-order chi connectivity index (χ1) is 8.87. The second-order valence-corrected chi connectivity index (χ2v) is 5.24. The molecule has 0 amide bonds. The lowest BCUT2D eigenvalue weighted by atomic mass is 9.89. The molecule has 7 nitrogen and oxygen atoms in total. The van der Waals surface area contributed by atoms with Crippen LogP contribution in [0.25, 0.3) is 0 Å². The predicted molar refractivity (Wildman–Crippen MR) is 69.4 cm³/mol. The molecule has 0 fully saturated rings. The summed E-state index contributed by atoms with van der Waals surface area (Å²) in [5.74, 6) is 0. The van der Waals surface area contributed by atoms with E-state index >= 15 is 0 Å². The van der Waals surface area contributed by atoms with Crippen molar-refractivity contribution in [2.24, 2.45) is 0 Å². The van der Waals surface area contributed by atoms with Gasteiger partial charge in [-0.2, -0.15) is 0 Å². The van der Waals surface area contributed by atoms with Crippen molar-refractivity contribution in [3.05, 3.63) is 25.3 Å². The van der Waals surface area contributed by atoms with Gasteiger partial charge in [-0.3, -0.25) is 9.05 Å². The van der Waals surface area contributed by atoms with E-state index in [-0.39, 0.29) is 19.4 Å². The van der Waals surface area contributed by atoms with Crippen molar-refractivity contribution in [3.8, 4) is 0 Å². The molecule has 4 N–H and O–H groups in total. The van der Waals surface area contributed by atoms with Crippen LogP contribution in [0.1, 0.15) is 12.8 Å². The quantitative estimate of drug-likeness (QED) is 0.321. The molecular formula is C11H21O7P. The van der Waals surface area contributed by atoms with Crippen LogP contribution in [0.2, 0.25) is 0 Å². The second-order valence-electron chi connectivity index (χ2n) is 3.87. The van der Waals surface area contributed by atoms with E-state index in [1.54, 1.807) is 0 Å². The Morgan fingerprint density at radius 3 is 2.16 bits per heavy atom. The van der Waals surface area contributed by atoms with E-state index < -0.39 is 32.7 Å². The fraction of sp³-hybridized carbons (Fsp3) is 0.636. The number of phosphoric ester groups is 1. The van der Waals surface area contributed by atoms with Crippen LogP contribution in [0.3, 0.4) is 0 Å². The van der Waals surface area contributed by atoms with Crippen LogP contribution >= 0.6 is 7.82 Å². The van der Waals surface area contributed by atoms with Gasteiger partial charge in [0.05, 0.1) is 19.8 Å². The summed E-state index contributed by atoms with van der Waals surface area (Å²) in [6.45, 7) is 5.45. The Labute approximate surface area is 112 Å². The summed E-state index contributed by atoms with van der Waals surface area (Å²) in [4.78, 5) is 9.52. The molecule has 0 aliphatic rings. The Balaban J connectivity index is 5.15. The van der Waals surface area contributed by atoms with Crippen LogP contribution < -0.4 is 0 Å². The van der Waals surface area contributed by atoms with Gasteiger partial charge in [0.25, 0.3) is 0 Å². The third-order valence-electron chi connectivity index (χ3n) is 2.40. The van der Waals surface area contributed by atoms with E-state index in [9.17, 15) is 14.6 Å². The molecule has 0 aromatic rings. The SMILES string of the molecule is C=CCC(CC=C)(OP(=O)(O)OCCO)[C@@H](O)CO. The largest absolute Gasteiger partial charge is 0.472 e. The Kier molecular flexibility index (Phi) is 8.36. The molecule has 19 heavy (non-hydrogen) atoms. The normalized spacial score (nSPS) is 16.6. The molecule has 0 heterocycles. The molecule has 0 bridgehead atoms. The lowest BCUT2D eigenvalue weighted by Crippen LogP contribution is -2.45. The van der Waals surface area contributed by atoms with Crippen molar-refractivity contribution in [2.45, 2.75) is 24.5 Å². The molecule has 0 aromatic carbocycles. The van der Waals surface area contributed by atoms with Gasteiger partial charge in [0, 0.05) is 0 Å². The number of aliphatic hydroxyl groups excluding tert-OH is 3. The van der Waals surface area contributed by atoms with Crippen LogP contribution in [0, 0.1) is 0 Å². The highest BCUT2D eigenvalue weighted by molar-refractivity contribution is 7.47. The summed E-state index contributed by atoms with van der Waals surface area (Å²) in [5.41, 5.74) is -1.56. The van der Waals surface area contributed by atoms with Crippen LogP contribution in [-0.4, -0.2) is 51.7 Å². The zero-order valence-electron chi connectivity index (χ0n) is 10.6. The molecular weight excluding hydrogens is 275 g/mol. The molecule has 0 aliphatic carbocycles. The fourth-order valence-corrected chi connectivity index (χ4v) is 2.65. The molecule has 0 rings (SSSR count). The van der Waals surface area contributed by atoms with Crippen molar-refractivity contribution in [2.75, 3.05) is 19.8 Å². The third kappa shape index (κ3) is 5.97. The van der Waals surface area contributed by atoms with Crippen molar-refractivity contribution in [1.29, 1.82) is 0 Å². The molecule has 0 spiro atoms. The first-order valence-corrected chi connectivity index (χ1v) is 7.16. The first kappa shape index (κ1) is 18.5. The summed E-state index contributed by atoms with van der Waals surface area (Å²) in [6, 6.07) is 0. The van der Waals surface area contributed by atoms with Crippen molar-refractivity contribution in [1.82, 2.24) is 0 Å². The Morgan fingerprint density at radius 2 is 1.79 bits per heavy atom. The highest BCUT2D eigenvalue weighted by atomic mass is 31.2. The van der Waals surface area contributed by atoms with E-state index in [4.69, 9.17) is 14.7 Å². The van der Waals surface area contributed by atoms with E-state index in [0.29, 0.717) is 0 Å². The Hall–Kier alpha value is -0.530. The minimum atomic E-state index is -4.48. The van der Waals surface area contributed by atoms with Crippen molar-refractivity contribution >= 4 is 7.82 Å². The second kappa shape index (κ2) is 8.60. The highest BCUT2D eigenvalue weighted by Crippen LogP contribution is 2.50. The van der Waals surface area contributed by atoms with Gasteiger partial charge in [-0.25, -0.2) is 4.57 Å². The average molecular weight is 296 g/mol. The maximum absolute atomic E-state index is 11.7. The minimum Gasteiger partial charge on any atom is -0.394 e. The van der Waals surface area contributed by atoms with Crippen molar-refractivity contribution < 1.29 is 33.8 Å². The zero-order valence-corrected chi connectivity index (χ0v) is 11.5. The molecule has 0 saturated carbocycles. The lowest BCUT2D eigenvalue weighted by Gasteiger charge is -2.36. The lowest BCUT2D eigenvalue weighted by molar-refractivity contribution is -0.0889. The first-order valence-electron chi connectivity index (χ1n) is 5.67. The maximum Gasteiger partial charge on any atom is 0.472 e. The molecule has 0 radical (unpaired) electrons. The van der Waals surface area contributed by atoms with Gasteiger partial charge < -0.3 is 20.2 Å². The van der Waals surface area contributed by atoms with E-state index in [2.05, 4.69) is 17.7 Å². The van der Waals surface area contributed by atoms with Gasteiger partial charge in [0.1, 0.15) is 11.7 Å². The van der Waals surface area contributed by atoms with Crippen LogP contribution in [0.15, 0.2) is 25.3 Å². The summed E-state index contributed by atoms with van der Waals surface area (Å²) in [6.07, 6.45) is 1.37. The molecule has 0 aliphatic heterocycles. The monoisotopic (exact) mass is 296 g/mol. The van der Waals surface area contributed by atoms with Gasteiger partial charge >= 0.3 is 7.82 Å². The number of hydrogen-bond donors (Lipinski definition) is 4. The summed E-state index contributed by atoms with van der Waals surface area (Å²) in [5, 5.41) is 27.4. The van der Waals surface area contributed by atoms with Crippen LogP contribution in [0.4, 0.5) is 0 Å². The zero-order chi connectivity index (χ0) is 14.9. The van der Waals surface area contributed by atoms with Crippen LogP contribution in [0.5, 0.6) is 0 Å². The summed E-state index contributed by atoms with van der Waals surface area (Å²) < 4.78 is 21.2. The van der Waals surface area contributed by atoms with E-state index in [1.807, 2.05) is 0 Å². The van der Waals surface area contributed by atoms with Gasteiger partial charge in [0.15, 0.2) is 0 Å². The third-order valence-corrected chi connectivity index (χ3v) is 3.51. The van der Waals surface area contributed by atoms with Gasteiger partial charge in [-0.1, -0.05) is 12.2 Å². The average Bonchev–Trinajstić information content (AvgIpc) is 2.35. The fourth-order valence-electron chi connectivity index (χ4n) is 1.56. The van der Waals surface area contributed by atoms with Crippen molar-refractivity contribution in [3.63, 3.8) is 0 Å². The standard InChI is InChI=1S/C11H21O7P/c1-3-5-11(6-4-2,10(14)9-13)18-19(15,16)17-8-7-12/h3-4,10,12-14H,1-2,5-9H2,(H,15,16)/t10-/m0/s1. The number of hydrogen-bond acceptors (Lipinski definition) is 6. The summed E-state index contributed by atoms with van der Waals surface area (Å²) >= 11 is 0.